The maximum absolute atomic E-state index is 2.60. The first-order valence-corrected chi connectivity index (χ1v) is 25.8. The molecule has 0 aliphatic carbocycles. The normalized spacial score (nSPS) is 20.0. The van der Waals surface area contributed by atoms with Gasteiger partial charge in [-0.3, -0.25) is 9.80 Å². The molecule has 4 rings (SSSR count). The molecule has 8 nitrogen and oxygen atoms in total. The average molecular weight is 850 g/mol. The minimum Gasteiger partial charge on any atom is -0.303 e. The van der Waals surface area contributed by atoms with E-state index >= 15 is 0 Å². The van der Waals surface area contributed by atoms with Crippen LogP contribution in [0.25, 0.3) is 0 Å². The van der Waals surface area contributed by atoms with Gasteiger partial charge in [-0.2, -0.15) is 0 Å². The minimum absolute atomic E-state index is 0.724. The number of likely N-dealkylation sites (N-methyl/N-ethyl adjacent to an activating group) is 2. The first-order valence-electron chi connectivity index (χ1n) is 25.8. The molecule has 4 fully saturated rings. The molecule has 0 atom stereocenters. The molecule has 4 saturated heterocycles. The van der Waals surface area contributed by atoms with Crippen LogP contribution < -0.4 is 0 Å². The Morgan fingerprint density at radius 3 is 0.700 bits per heavy atom. The predicted molar refractivity (Wildman–Crippen MR) is 269 cm³/mol. The molecule has 0 amide bonds. The number of likely N-dealkylation sites (tertiary alicyclic amines) is 4. The zero-order valence-corrected chi connectivity index (χ0v) is 44.6. The van der Waals surface area contributed by atoms with Crippen LogP contribution in [0.5, 0.6) is 0 Å². The van der Waals surface area contributed by atoms with Gasteiger partial charge in [-0.05, 0) is 211 Å². The van der Waals surface area contributed by atoms with E-state index in [1.54, 1.807) is 0 Å². The topological polar surface area (TPSA) is 25.9 Å². The van der Waals surface area contributed by atoms with Gasteiger partial charge in [-0.15, -0.1) is 0 Å². The van der Waals surface area contributed by atoms with Crippen LogP contribution in [0.1, 0.15) is 162 Å². The lowest BCUT2D eigenvalue weighted by atomic mass is 10.0. The van der Waals surface area contributed by atoms with E-state index < -0.39 is 0 Å². The highest BCUT2D eigenvalue weighted by atomic mass is 15.3. The molecular formula is C52H112N8. The van der Waals surface area contributed by atoms with Crippen molar-refractivity contribution in [3.8, 4) is 0 Å². The highest BCUT2D eigenvalue weighted by molar-refractivity contribution is 4.89. The van der Waals surface area contributed by atoms with E-state index in [2.05, 4.69) is 178 Å². The zero-order chi connectivity index (χ0) is 45.7. The van der Waals surface area contributed by atoms with E-state index in [0.29, 0.717) is 0 Å². The summed E-state index contributed by atoms with van der Waals surface area (Å²) in [5, 5.41) is 0. The van der Waals surface area contributed by atoms with Gasteiger partial charge in [-0.25, -0.2) is 0 Å². The van der Waals surface area contributed by atoms with Crippen molar-refractivity contribution >= 4 is 0 Å². The Bertz CT molecular complexity index is 916. The number of piperidine rings is 2. The number of nitrogens with zero attached hydrogens (tertiary/aromatic N) is 8. The van der Waals surface area contributed by atoms with Crippen LogP contribution in [-0.4, -0.2) is 194 Å². The Hall–Kier alpha value is -0.320. The summed E-state index contributed by atoms with van der Waals surface area (Å²) >= 11 is 0. The standard InChI is InChI=1S/2C14H30N2.2C12H26N2/c2*1-12(2)6-9-15(5)14-7-10-16(11-8-14)13(3)4;2*1-10(2)6-7-13(5)12-8-14(9-12)11(3)4/h2*12-14H,6-11H2,1-5H3;2*10-12H,6-9H2,1-5H3. The molecule has 0 aromatic heterocycles. The molecule has 60 heavy (non-hydrogen) atoms. The molecule has 360 valence electrons. The Morgan fingerprint density at radius 2 is 0.517 bits per heavy atom. The van der Waals surface area contributed by atoms with Gasteiger partial charge in [0, 0.05) is 74.5 Å². The Morgan fingerprint density at radius 1 is 0.317 bits per heavy atom. The minimum atomic E-state index is 0.724. The van der Waals surface area contributed by atoms with Crippen molar-refractivity contribution in [2.45, 2.75) is 210 Å². The average Bonchev–Trinajstić information content (AvgIpc) is 3.13. The molecule has 0 spiro atoms. The molecule has 4 aliphatic heterocycles. The van der Waals surface area contributed by atoms with Crippen LogP contribution in [0.15, 0.2) is 0 Å². The molecule has 0 aromatic rings. The third-order valence-corrected chi connectivity index (χ3v) is 14.4. The van der Waals surface area contributed by atoms with Crippen LogP contribution in [0.3, 0.4) is 0 Å². The molecule has 0 bridgehead atoms. The van der Waals surface area contributed by atoms with Crippen LogP contribution in [-0.2, 0) is 0 Å². The van der Waals surface area contributed by atoms with Crippen LogP contribution in [0, 0.1) is 23.7 Å². The van der Waals surface area contributed by atoms with Crippen molar-refractivity contribution in [1.29, 1.82) is 0 Å². The van der Waals surface area contributed by atoms with Gasteiger partial charge in [0.05, 0.1) is 0 Å². The molecule has 0 aromatic carbocycles. The Kier molecular flexibility index (Phi) is 29.6. The first-order chi connectivity index (χ1) is 28.0. The van der Waals surface area contributed by atoms with Crippen molar-refractivity contribution in [3.63, 3.8) is 0 Å². The van der Waals surface area contributed by atoms with Gasteiger partial charge in [0.15, 0.2) is 0 Å². The van der Waals surface area contributed by atoms with Gasteiger partial charge in [0.2, 0.25) is 0 Å². The molecule has 0 saturated carbocycles. The fourth-order valence-electron chi connectivity index (χ4n) is 8.64. The maximum Gasteiger partial charge on any atom is 0.0347 e. The maximum atomic E-state index is 2.60. The second kappa shape index (κ2) is 30.7. The van der Waals surface area contributed by atoms with E-state index in [4.69, 9.17) is 0 Å². The second-order valence-corrected chi connectivity index (χ2v) is 22.8. The second-order valence-electron chi connectivity index (χ2n) is 22.8. The summed E-state index contributed by atoms with van der Waals surface area (Å²) in [4.78, 5) is 20.5. The largest absolute Gasteiger partial charge is 0.303 e. The third kappa shape index (κ3) is 24.1. The Balaban J connectivity index is 0.000000401. The van der Waals surface area contributed by atoms with Gasteiger partial charge in [0.1, 0.15) is 0 Å². The number of rotatable bonds is 20. The van der Waals surface area contributed by atoms with Gasteiger partial charge < -0.3 is 29.4 Å². The molecule has 8 heteroatoms. The first kappa shape index (κ1) is 57.7. The SMILES string of the molecule is CC(C)CCN(C)C1CCN(C(C)C)CC1.CC(C)CCN(C)C1CCN(C(C)C)CC1.CC(C)CCN(C)C1CN(C(C)C)C1.CC(C)CCN(C)C1CN(C(C)C)C1. The van der Waals surface area contributed by atoms with Crippen LogP contribution >= 0.6 is 0 Å². The smallest absolute Gasteiger partial charge is 0.0347 e. The fraction of sp³-hybridized carbons (Fsp3) is 1.00. The van der Waals surface area contributed by atoms with Crippen molar-refractivity contribution in [1.82, 2.24) is 39.2 Å². The van der Waals surface area contributed by atoms with Crippen LogP contribution in [0.4, 0.5) is 0 Å². The molecule has 4 heterocycles. The van der Waals surface area contributed by atoms with Crippen molar-refractivity contribution in [2.24, 2.45) is 23.7 Å². The van der Waals surface area contributed by atoms with Gasteiger partial charge in [-0.1, -0.05) is 55.4 Å². The summed E-state index contributed by atoms with van der Waals surface area (Å²) in [6.07, 6.45) is 10.7. The van der Waals surface area contributed by atoms with Crippen LogP contribution in [0.2, 0.25) is 0 Å². The summed E-state index contributed by atoms with van der Waals surface area (Å²) in [6, 6.07) is 6.19. The molecule has 0 unspecified atom stereocenters. The summed E-state index contributed by atoms with van der Waals surface area (Å²) < 4.78 is 0. The number of hydrogen-bond donors (Lipinski definition) is 0. The Labute approximate surface area is 378 Å². The molecular weight excluding hydrogens is 737 g/mol. The lowest BCUT2D eigenvalue weighted by Gasteiger charge is -2.46. The molecule has 0 radical (unpaired) electrons. The van der Waals surface area contributed by atoms with Crippen molar-refractivity contribution < 1.29 is 0 Å². The number of hydrogen-bond acceptors (Lipinski definition) is 8. The van der Waals surface area contributed by atoms with E-state index in [1.807, 2.05) is 0 Å². The molecule has 4 aliphatic rings. The molecule has 0 N–H and O–H groups in total. The summed E-state index contributed by atoms with van der Waals surface area (Å²) in [5.41, 5.74) is 0. The van der Waals surface area contributed by atoms with Gasteiger partial charge in [0.25, 0.3) is 0 Å². The quantitative estimate of drug-likeness (QED) is 0.120. The van der Waals surface area contributed by atoms with Gasteiger partial charge >= 0.3 is 0 Å². The van der Waals surface area contributed by atoms with E-state index in [-0.39, 0.29) is 0 Å². The summed E-state index contributed by atoms with van der Waals surface area (Å²) in [6.45, 7) is 52.1. The predicted octanol–water partition coefficient (Wildman–Crippen LogP) is 9.79. The summed E-state index contributed by atoms with van der Waals surface area (Å²) in [7, 11) is 9.14. The van der Waals surface area contributed by atoms with Crippen molar-refractivity contribution in [3.05, 3.63) is 0 Å². The van der Waals surface area contributed by atoms with E-state index in [0.717, 1.165) is 72.0 Å². The monoisotopic (exact) mass is 849 g/mol. The van der Waals surface area contributed by atoms with Crippen molar-refractivity contribution in [2.75, 3.05) is 107 Å². The highest BCUT2D eigenvalue weighted by Gasteiger charge is 2.32. The van der Waals surface area contributed by atoms with E-state index in [1.165, 1.54) is 130 Å². The van der Waals surface area contributed by atoms with E-state index in [9.17, 15) is 0 Å². The summed E-state index contributed by atoms with van der Waals surface area (Å²) in [5.74, 6) is 3.33. The third-order valence-electron chi connectivity index (χ3n) is 14.4. The lowest BCUT2D eigenvalue weighted by Crippen LogP contribution is -2.60. The zero-order valence-electron chi connectivity index (χ0n) is 44.6. The fourth-order valence-corrected chi connectivity index (χ4v) is 8.64. The lowest BCUT2D eigenvalue weighted by molar-refractivity contribution is 0.0253. The highest BCUT2D eigenvalue weighted by Crippen LogP contribution is 2.21.